The van der Waals surface area contributed by atoms with E-state index in [1.165, 1.54) is 17.0 Å². The van der Waals surface area contributed by atoms with E-state index in [9.17, 15) is 14.0 Å². The maximum absolute atomic E-state index is 13.5. The largest absolute Gasteiger partial charge is 0.343 e. The van der Waals surface area contributed by atoms with Gasteiger partial charge in [0.25, 0.3) is 11.8 Å². The molecule has 1 aromatic heterocycles. The van der Waals surface area contributed by atoms with Gasteiger partial charge in [-0.2, -0.15) is 0 Å². The van der Waals surface area contributed by atoms with Gasteiger partial charge in [-0.25, -0.2) is 4.39 Å². The van der Waals surface area contributed by atoms with E-state index >= 15 is 0 Å². The molecule has 0 radical (unpaired) electrons. The zero-order valence-corrected chi connectivity index (χ0v) is 18.2. The highest BCUT2D eigenvalue weighted by Gasteiger charge is 2.34. The second-order valence-electron chi connectivity index (χ2n) is 7.69. The number of fused-ring (bicyclic) bond motifs is 1. The Hall–Kier alpha value is -4.10. The lowest BCUT2D eigenvalue weighted by atomic mass is 10.1. The van der Waals surface area contributed by atoms with Crippen LogP contribution < -0.4 is 10.2 Å². The molecule has 1 aliphatic rings. The van der Waals surface area contributed by atoms with Gasteiger partial charge in [0, 0.05) is 23.6 Å². The SMILES string of the molecule is O=C1NC(=S)N(c2ccccc2)C(=O)/C1=C\c1ccc2c(ccn2Cc2cccc(F)c2)c1. The molecule has 2 amide bonds. The Morgan fingerprint density at radius 3 is 2.55 bits per heavy atom. The molecule has 1 N–H and O–H groups in total. The standard InChI is InChI=1S/C26H18FN3O2S/c27-20-6-4-5-18(14-20)16-29-12-11-19-13-17(9-10-23(19)29)15-22-24(31)28-26(33)30(25(22)32)21-7-2-1-3-8-21/h1-15H,16H2,(H,28,31,33)/b22-15-. The lowest BCUT2D eigenvalue weighted by Crippen LogP contribution is -2.54. The molecule has 4 aromatic rings. The number of hydrogen-bond acceptors (Lipinski definition) is 3. The van der Waals surface area contributed by atoms with Gasteiger partial charge in [0.1, 0.15) is 11.4 Å². The zero-order chi connectivity index (χ0) is 22.9. The van der Waals surface area contributed by atoms with Crippen molar-refractivity contribution < 1.29 is 14.0 Å². The number of nitrogens with one attached hydrogen (secondary N) is 1. The lowest BCUT2D eigenvalue weighted by molar-refractivity contribution is -0.122. The molecule has 1 aliphatic heterocycles. The van der Waals surface area contributed by atoms with Gasteiger partial charge in [-0.15, -0.1) is 0 Å². The Kier molecular flexibility index (Phi) is 5.32. The molecule has 2 heterocycles. The summed E-state index contributed by atoms with van der Waals surface area (Å²) in [5.74, 6) is -1.27. The van der Waals surface area contributed by atoms with Crippen molar-refractivity contribution in [2.75, 3.05) is 4.90 Å². The van der Waals surface area contributed by atoms with Gasteiger partial charge < -0.3 is 4.57 Å². The van der Waals surface area contributed by atoms with Crippen LogP contribution in [0.15, 0.2) is 90.6 Å². The van der Waals surface area contributed by atoms with Gasteiger partial charge >= 0.3 is 0 Å². The first kappa shape index (κ1) is 20.8. The van der Waals surface area contributed by atoms with Crippen molar-refractivity contribution in [1.82, 2.24) is 9.88 Å². The van der Waals surface area contributed by atoms with E-state index in [1.54, 1.807) is 36.4 Å². The first-order valence-corrected chi connectivity index (χ1v) is 10.7. The molecule has 33 heavy (non-hydrogen) atoms. The van der Waals surface area contributed by atoms with Crippen molar-refractivity contribution in [3.05, 3.63) is 108 Å². The normalized spacial score (nSPS) is 15.4. The highest BCUT2D eigenvalue weighted by atomic mass is 32.1. The summed E-state index contributed by atoms with van der Waals surface area (Å²) in [7, 11) is 0. The summed E-state index contributed by atoms with van der Waals surface area (Å²) < 4.78 is 15.5. The molecule has 5 rings (SSSR count). The molecule has 0 atom stereocenters. The number of benzene rings is 3. The molecule has 0 saturated carbocycles. The van der Waals surface area contributed by atoms with Gasteiger partial charge in [0.2, 0.25) is 0 Å². The highest BCUT2D eigenvalue weighted by Crippen LogP contribution is 2.24. The van der Waals surface area contributed by atoms with E-state index < -0.39 is 11.8 Å². The van der Waals surface area contributed by atoms with Crippen LogP contribution in [0.2, 0.25) is 0 Å². The maximum Gasteiger partial charge on any atom is 0.270 e. The minimum Gasteiger partial charge on any atom is -0.343 e. The maximum atomic E-state index is 13.5. The number of aromatic nitrogens is 1. The van der Waals surface area contributed by atoms with Crippen molar-refractivity contribution in [3.63, 3.8) is 0 Å². The van der Waals surface area contributed by atoms with Gasteiger partial charge in [-0.3, -0.25) is 19.8 Å². The molecule has 162 valence electrons. The van der Waals surface area contributed by atoms with Crippen LogP contribution in [-0.2, 0) is 16.1 Å². The minimum absolute atomic E-state index is 0.00555. The number of halogens is 1. The number of anilines is 1. The van der Waals surface area contributed by atoms with Crippen LogP contribution in [0.5, 0.6) is 0 Å². The average molecular weight is 456 g/mol. The molecular weight excluding hydrogens is 437 g/mol. The number of para-hydroxylation sites is 1. The van der Waals surface area contributed by atoms with Crippen LogP contribution >= 0.6 is 12.2 Å². The van der Waals surface area contributed by atoms with Crippen molar-refractivity contribution in [1.29, 1.82) is 0 Å². The van der Waals surface area contributed by atoms with E-state index in [-0.39, 0.29) is 16.5 Å². The van der Waals surface area contributed by atoms with Gasteiger partial charge in [-0.05, 0) is 71.9 Å². The van der Waals surface area contributed by atoms with E-state index in [1.807, 2.05) is 47.2 Å². The summed E-state index contributed by atoms with van der Waals surface area (Å²) in [5.41, 5.74) is 3.13. The number of carbonyl (C=O) groups excluding carboxylic acids is 2. The van der Waals surface area contributed by atoms with Crippen molar-refractivity contribution in [3.8, 4) is 0 Å². The van der Waals surface area contributed by atoms with Crippen molar-refractivity contribution >= 4 is 51.8 Å². The van der Waals surface area contributed by atoms with E-state index in [4.69, 9.17) is 12.2 Å². The van der Waals surface area contributed by atoms with E-state index in [0.29, 0.717) is 17.8 Å². The van der Waals surface area contributed by atoms with Crippen LogP contribution in [0.1, 0.15) is 11.1 Å². The number of hydrogen-bond donors (Lipinski definition) is 1. The third-order valence-electron chi connectivity index (χ3n) is 5.46. The molecule has 3 aromatic carbocycles. The number of thiocarbonyl (C=S) groups is 1. The molecule has 5 nitrogen and oxygen atoms in total. The quantitative estimate of drug-likeness (QED) is 0.277. The number of nitrogens with zero attached hydrogens (tertiary/aromatic N) is 2. The monoisotopic (exact) mass is 455 g/mol. The van der Waals surface area contributed by atoms with Gasteiger partial charge in [0.15, 0.2) is 5.11 Å². The third kappa shape index (κ3) is 4.06. The summed E-state index contributed by atoms with van der Waals surface area (Å²) in [6.07, 6.45) is 3.50. The molecule has 0 bridgehead atoms. The third-order valence-corrected chi connectivity index (χ3v) is 5.75. The fourth-order valence-electron chi connectivity index (χ4n) is 3.91. The molecule has 1 fully saturated rings. The Balaban J connectivity index is 1.46. The lowest BCUT2D eigenvalue weighted by Gasteiger charge is -2.28. The second-order valence-corrected chi connectivity index (χ2v) is 8.07. The molecule has 7 heteroatoms. The van der Waals surface area contributed by atoms with E-state index in [2.05, 4.69) is 5.32 Å². The average Bonchev–Trinajstić information content (AvgIpc) is 3.19. The number of carbonyl (C=O) groups is 2. The fourth-order valence-corrected chi connectivity index (χ4v) is 4.19. The molecule has 0 unspecified atom stereocenters. The first-order valence-electron chi connectivity index (χ1n) is 10.3. The Bertz CT molecular complexity index is 1440. The summed E-state index contributed by atoms with van der Waals surface area (Å²) in [6.45, 7) is 0.534. The van der Waals surface area contributed by atoms with Gasteiger partial charge in [-0.1, -0.05) is 36.4 Å². The van der Waals surface area contributed by atoms with Gasteiger partial charge in [0.05, 0.1) is 5.69 Å². The van der Waals surface area contributed by atoms with Crippen LogP contribution in [0.4, 0.5) is 10.1 Å². The molecule has 0 aliphatic carbocycles. The Morgan fingerprint density at radius 2 is 1.76 bits per heavy atom. The fraction of sp³-hybridized carbons (Fsp3) is 0.0385. The van der Waals surface area contributed by atoms with E-state index in [0.717, 1.165) is 16.5 Å². The Labute approximate surface area is 194 Å². The highest BCUT2D eigenvalue weighted by molar-refractivity contribution is 7.80. The second kappa shape index (κ2) is 8.44. The topological polar surface area (TPSA) is 54.3 Å². The zero-order valence-electron chi connectivity index (χ0n) is 17.4. The summed E-state index contributed by atoms with van der Waals surface area (Å²) >= 11 is 5.23. The summed E-state index contributed by atoms with van der Waals surface area (Å²) in [4.78, 5) is 27.0. The van der Waals surface area contributed by atoms with Crippen LogP contribution in [-0.4, -0.2) is 21.5 Å². The molecule has 1 saturated heterocycles. The van der Waals surface area contributed by atoms with Crippen LogP contribution in [0, 0.1) is 5.82 Å². The summed E-state index contributed by atoms with van der Waals surface area (Å²) in [5, 5.41) is 3.59. The summed E-state index contributed by atoms with van der Waals surface area (Å²) in [6, 6.07) is 23.1. The van der Waals surface area contributed by atoms with Crippen molar-refractivity contribution in [2.45, 2.75) is 6.54 Å². The molecule has 0 spiro atoms. The van der Waals surface area contributed by atoms with Crippen molar-refractivity contribution in [2.24, 2.45) is 0 Å². The number of amides is 2. The smallest absolute Gasteiger partial charge is 0.270 e. The number of rotatable bonds is 4. The first-order chi connectivity index (χ1) is 16.0. The minimum atomic E-state index is -0.527. The molecular formula is C26H18FN3O2S. The predicted octanol–water partition coefficient (Wildman–Crippen LogP) is 4.66. The Morgan fingerprint density at radius 1 is 0.939 bits per heavy atom. The van der Waals surface area contributed by atoms with Crippen LogP contribution in [0.25, 0.3) is 17.0 Å². The van der Waals surface area contributed by atoms with Crippen LogP contribution in [0.3, 0.4) is 0 Å². The predicted molar refractivity (Wildman–Crippen MR) is 130 cm³/mol.